The first-order chi connectivity index (χ1) is 9.26. The summed E-state index contributed by atoms with van der Waals surface area (Å²) >= 11 is 0. The van der Waals surface area contributed by atoms with Gasteiger partial charge in [0.2, 0.25) is 0 Å². The van der Waals surface area contributed by atoms with Crippen LogP contribution in [-0.4, -0.2) is 18.5 Å². The summed E-state index contributed by atoms with van der Waals surface area (Å²) in [5.74, 6) is 0.997. The lowest BCUT2D eigenvalue weighted by Gasteiger charge is -2.37. The lowest BCUT2D eigenvalue weighted by Crippen LogP contribution is -2.31. The maximum absolute atomic E-state index is 11.6. The van der Waals surface area contributed by atoms with E-state index in [2.05, 4.69) is 13.8 Å². The van der Waals surface area contributed by atoms with Gasteiger partial charge in [-0.1, -0.05) is 19.4 Å². The first kappa shape index (κ1) is 16.5. The lowest BCUT2D eigenvalue weighted by atomic mass is 9.67. The number of carbonyl (C=O) groups is 2. The molecule has 0 aromatic carbocycles. The van der Waals surface area contributed by atoms with Crippen molar-refractivity contribution in [1.29, 1.82) is 0 Å². The van der Waals surface area contributed by atoms with Crippen molar-refractivity contribution in [1.82, 2.24) is 0 Å². The van der Waals surface area contributed by atoms with Crippen LogP contribution in [0.2, 0.25) is 0 Å². The molecule has 0 radical (unpaired) electrons. The first-order valence-electron chi connectivity index (χ1n) is 6.98. The van der Waals surface area contributed by atoms with Crippen molar-refractivity contribution < 1.29 is 19.1 Å². The average molecular weight is 280 g/mol. The third kappa shape index (κ3) is 4.51. The molecule has 0 N–H and O–H groups in total. The van der Waals surface area contributed by atoms with E-state index >= 15 is 0 Å². The van der Waals surface area contributed by atoms with Gasteiger partial charge >= 0.3 is 6.16 Å². The van der Waals surface area contributed by atoms with Crippen LogP contribution in [-0.2, 0) is 14.3 Å². The molecule has 0 aliphatic heterocycles. The van der Waals surface area contributed by atoms with Crippen LogP contribution in [0.4, 0.5) is 4.79 Å². The van der Waals surface area contributed by atoms with Crippen molar-refractivity contribution in [3.8, 4) is 0 Å². The minimum atomic E-state index is -0.674. The van der Waals surface area contributed by atoms with E-state index in [4.69, 9.17) is 9.47 Å². The predicted molar refractivity (Wildman–Crippen MR) is 77.1 cm³/mol. The average Bonchev–Trinajstić information content (AvgIpc) is 2.26. The fourth-order valence-corrected chi connectivity index (χ4v) is 2.70. The molecule has 0 bridgehead atoms. The zero-order valence-corrected chi connectivity index (χ0v) is 13.0. The van der Waals surface area contributed by atoms with Gasteiger partial charge in [-0.15, -0.1) is 0 Å². The molecule has 4 heteroatoms. The third-order valence-corrected chi connectivity index (χ3v) is 3.66. The Bertz CT molecular complexity index is 443. The van der Waals surface area contributed by atoms with Crippen molar-refractivity contribution in [2.24, 2.45) is 11.3 Å². The SMILES string of the molecule is CCOC(=O)OC(C)=CCC1C(C)=CC(=O)CC1(C)C. The summed E-state index contributed by atoms with van der Waals surface area (Å²) in [5, 5.41) is 0. The van der Waals surface area contributed by atoms with Crippen molar-refractivity contribution in [3.63, 3.8) is 0 Å². The minimum absolute atomic E-state index is 0.0728. The number of allylic oxidation sites excluding steroid dienone is 4. The molecule has 0 aromatic rings. The molecule has 0 saturated heterocycles. The normalized spacial score (nSPS) is 22.2. The molecule has 1 atom stereocenters. The summed E-state index contributed by atoms with van der Waals surface area (Å²) in [5.41, 5.74) is 1.02. The second-order valence-corrected chi connectivity index (χ2v) is 5.91. The van der Waals surface area contributed by atoms with Gasteiger partial charge in [0.1, 0.15) is 5.76 Å². The predicted octanol–water partition coefficient (Wildman–Crippen LogP) is 4.01. The Morgan fingerprint density at radius 1 is 1.50 bits per heavy atom. The molecule has 1 aliphatic rings. The summed E-state index contributed by atoms with van der Waals surface area (Å²) < 4.78 is 9.74. The molecular weight excluding hydrogens is 256 g/mol. The van der Waals surface area contributed by atoms with Crippen LogP contribution >= 0.6 is 0 Å². The van der Waals surface area contributed by atoms with Gasteiger partial charge in [0.25, 0.3) is 0 Å². The monoisotopic (exact) mass is 280 g/mol. The molecule has 0 spiro atoms. The van der Waals surface area contributed by atoms with Gasteiger partial charge in [-0.05, 0) is 50.7 Å². The fourth-order valence-electron chi connectivity index (χ4n) is 2.70. The van der Waals surface area contributed by atoms with E-state index in [0.29, 0.717) is 18.8 Å². The minimum Gasteiger partial charge on any atom is -0.434 e. The number of hydrogen-bond acceptors (Lipinski definition) is 4. The molecule has 1 aliphatic carbocycles. The van der Waals surface area contributed by atoms with Crippen LogP contribution < -0.4 is 0 Å². The van der Waals surface area contributed by atoms with E-state index < -0.39 is 6.16 Å². The molecule has 0 amide bonds. The van der Waals surface area contributed by atoms with Gasteiger partial charge in [-0.2, -0.15) is 0 Å². The largest absolute Gasteiger partial charge is 0.513 e. The number of hydrogen-bond donors (Lipinski definition) is 0. The van der Waals surface area contributed by atoms with Crippen molar-refractivity contribution >= 4 is 11.9 Å². The van der Waals surface area contributed by atoms with E-state index in [1.165, 1.54) is 0 Å². The Hall–Kier alpha value is -1.58. The van der Waals surface area contributed by atoms with Crippen LogP contribution in [0.3, 0.4) is 0 Å². The molecule has 112 valence electrons. The van der Waals surface area contributed by atoms with E-state index in [0.717, 1.165) is 12.0 Å². The molecular formula is C16H24O4. The van der Waals surface area contributed by atoms with Gasteiger partial charge in [-0.25, -0.2) is 4.79 Å². The third-order valence-electron chi connectivity index (χ3n) is 3.66. The topological polar surface area (TPSA) is 52.6 Å². The maximum Gasteiger partial charge on any atom is 0.513 e. The van der Waals surface area contributed by atoms with Gasteiger partial charge in [0.15, 0.2) is 5.78 Å². The smallest absolute Gasteiger partial charge is 0.434 e. The summed E-state index contributed by atoms with van der Waals surface area (Å²) in [4.78, 5) is 22.8. The highest BCUT2D eigenvalue weighted by Crippen LogP contribution is 2.41. The second kappa shape index (κ2) is 6.73. The van der Waals surface area contributed by atoms with Crippen molar-refractivity contribution in [2.75, 3.05) is 6.61 Å². The standard InChI is InChI=1S/C16H24O4/c1-6-19-15(18)20-12(3)7-8-14-11(2)9-13(17)10-16(14,4)5/h7,9,14H,6,8,10H2,1-5H3. The number of ether oxygens (including phenoxy) is 2. The fraction of sp³-hybridized carbons (Fsp3) is 0.625. The van der Waals surface area contributed by atoms with Crippen LogP contribution in [0, 0.1) is 11.3 Å². The highest BCUT2D eigenvalue weighted by atomic mass is 16.7. The molecule has 0 aromatic heterocycles. The first-order valence-corrected chi connectivity index (χ1v) is 6.98. The van der Waals surface area contributed by atoms with Gasteiger partial charge in [0, 0.05) is 6.42 Å². The molecule has 1 unspecified atom stereocenters. The Morgan fingerprint density at radius 3 is 2.70 bits per heavy atom. The van der Waals surface area contributed by atoms with Gasteiger partial charge < -0.3 is 9.47 Å². The van der Waals surface area contributed by atoms with Gasteiger partial charge in [0.05, 0.1) is 6.61 Å². The van der Waals surface area contributed by atoms with Crippen LogP contribution in [0.1, 0.15) is 47.5 Å². The Balaban J connectivity index is 2.69. The van der Waals surface area contributed by atoms with Crippen LogP contribution in [0.5, 0.6) is 0 Å². The zero-order chi connectivity index (χ0) is 15.3. The van der Waals surface area contributed by atoms with E-state index in [1.54, 1.807) is 19.9 Å². The van der Waals surface area contributed by atoms with Crippen molar-refractivity contribution in [3.05, 3.63) is 23.5 Å². The number of carbonyl (C=O) groups excluding carboxylic acids is 2. The molecule has 1 rings (SSSR count). The summed E-state index contributed by atoms with van der Waals surface area (Å²) in [6.45, 7) is 9.94. The molecule has 20 heavy (non-hydrogen) atoms. The zero-order valence-electron chi connectivity index (χ0n) is 13.0. The van der Waals surface area contributed by atoms with E-state index in [9.17, 15) is 9.59 Å². The summed E-state index contributed by atoms with van der Waals surface area (Å²) in [7, 11) is 0. The highest BCUT2D eigenvalue weighted by molar-refractivity contribution is 5.92. The Kier molecular flexibility index (Phi) is 5.54. The van der Waals surface area contributed by atoms with Gasteiger partial charge in [-0.3, -0.25) is 4.79 Å². The van der Waals surface area contributed by atoms with Crippen LogP contribution in [0.15, 0.2) is 23.5 Å². The lowest BCUT2D eigenvalue weighted by molar-refractivity contribution is -0.117. The molecule has 0 heterocycles. The molecule has 4 nitrogen and oxygen atoms in total. The number of ketones is 1. The number of rotatable bonds is 4. The summed E-state index contributed by atoms with van der Waals surface area (Å²) in [6, 6.07) is 0. The summed E-state index contributed by atoms with van der Waals surface area (Å²) in [6.07, 6.45) is 4.24. The Morgan fingerprint density at radius 2 is 2.15 bits per heavy atom. The second-order valence-electron chi connectivity index (χ2n) is 5.91. The van der Waals surface area contributed by atoms with Crippen LogP contribution in [0.25, 0.3) is 0 Å². The molecule has 0 saturated carbocycles. The Labute approximate surface area is 120 Å². The maximum atomic E-state index is 11.6. The van der Waals surface area contributed by atoms with E-state index in [-0.39, 0.29) is 17.1 Å². The quantitative estimate of drug-likeness (QED) is 0.576. The highest BCUT2D eigenvalue weighted by Gasteiger charge is 2.35. The van der Waals surface area contributed by atoms with E-state index in [1.807, 2.05) is 13.0 Å². The molecule has 0 fully saturated rings. The van der Waals surface area contributed by atoms with Crippen molar-refractivity contribution in [2.45, 2.75) is 47.5 Å².